The summed E-state index contributed by atoms with van der Waals surface area (Å²) in [5.74, 6) is -0.185. The average molecular weight is 434 g/mol. The molecule has 0 unspecified atom stereocenters. The van der Waals surface area contributed by atoms with Crippen molar-refractivity contribution in [3.63, 3.8) is 0 Å². The normalized spacial score (nSPS) is 14.6. The number of anilines is 1. The fraction of sp³-hybridized carbons (Fsp3) is 0.364. The molecule has 0 atom stereocenters. The molecule has 5 nitrogen and oxygen atoms in total. The summed E-state index contributed by atoms with van der Waals surface area (Å²) in [7, 11) is 0. The minimum atomic E-state index is -0.246. The van der Waals surface area contributed by atoms with Crippen LogP contribution in [0.25, 0.3) is 0 Å². The molecular weight excluding hydrogens is 409 g/mol. The molecule has 0 spiro atoms. The Hall–Kier alpha value is -2.08. The number of nitrogens with one attached hydrogen (secondary N) is 1. The van der Waals surface area contributed by atoms with E-state index in [1.165, 1.54) is 5.56 Å². The van der Waals surface area contributed by atoms with Gasteiger partial charge in [-0.3, -0.25) is 14.5 Å². The SMILES string of the molecule is O=C(CCl)Nc1ccc(CC(=O)N2CCN(CCc3ccc(Cl)cc3)CC2)cc1. The molecule has 3 rings (SSSR count). The Balaban J connectivity index is 1.41. The highest BCUT2D eigenvalue weighted by Gasteiger charge is 2.21. The van der Waals surface area contributed by atoms with E-state index in [1.807, 2.05) is 29.2 Å². The van der Waals surface area contributed by atoms with Gasteiger partial charge >= 0.3 is 0 Å². The van der Waals surface area contributed by atoms with Crippen LogP contribution in [0.3, 0.4) is 0 Å². The summed E-state index contributed by atoms with van der Waals surface area (Å²) in [6, 6.07) is 15.3. The number of rotatable bonds is 7. The molecule has 2 amide bonds. The van der Waals surface area contributed by atoms with Crippen LogP contribution >= 0.6 is 23.2 Å². The van der Waals surface area contributed by atoms with Gasteiger partial charge in [-0.05, 0) is 41.8 Å². The second-order valence-electron chi connectivity index (χ2n) is 7.15. The van der Waals surface area contributed by atoms with Gasteiger partial charge in [0.2, 0.25) is 11.8 Å². The minimum Gasteiger partial charge on any atom is -0.340 e. The van der Waals surface area contributed by atoms with E-state index in [4.69, 9.17) is 23.2 Å². The Bertz CT molecular complexity index is 817. The van der Waals surface area contributed by atoms with Gasteiger partial charge in [0.15, 0.2) is 0 Å². The number of carbonyl (C=O) groups excluding carboxylic acids is 2. The van der Waals surface area contributed by atoms with Gasteiger partial charge < -0.3 is 10.2 Å². The molecule has 1 saturated heterocycles. The third kappa shape index (κ3) is 6.74. The van der Waals surface area contributed by atoms with E-state index in [0.717, 1.165) is 49.7 Å². The van der Waals surface area contributed by atoms with E-state index in [-0.39, 0.29) is 17.7 Å². The van der Waals surface area contributed by atoms with Crippen LogP contribution in [0.2, 0.25) is 5.02 Å². The monoisotopic (exact) mass is 433 g/mol. The number of alkyl halides is 1. The Morgan fingerprint density at radius 3 is 2.14 bits per heavy atom. The van der Waals surface area contributed by atoms with Gasteiger partial charge in [-0.15, -0.1) is 11.6 Å². The summed E-state index contributed by atoms with van der Waals surface area (Å²) in [4.78, 5) is 28.2. The zero-order valence-electron chi connectivity index (χ0n) is 16.2. The Morgan fingerprint density at radius 2 is 1.52 bits per heavy atom. The van der Waals surface area contributed by atoms with Gasteiger partial charge in [0.05, 0.1) is 6.42 Å². The second kappa shape index (κ2) is 10.6. The maximum Gasteiger partial charge on any atom is 0.239 e. The Morgan fingerprint density at radius 1 is 0.897 bits per heavy atom. The molecular formula is C22H25Cl2N3O2. The van der Waals surface area contributed by atoms with Crippen molar-refractivity contribution in [1.82, 2.24) is 9.80 Å². The summed E-state index contributed by atoms with van der Waals surface area (Å²) in [6.45, 7) is 4.28. The number of hydrogen-bond acceptors (Lipinski definition) is 3. The maximum atomic E-state index is 12.6. The summed E-state index contributed by atoms with van der Waals surface area (Å²) in [6.07, 6.45) is 1.35. The van der Waals surface area contributed by atoms with Crippen LogP contribution in [0, 0.1) is 0 Å². The summed E-state index contributed by atoms with van der Waals surface area (Å²) in [5, 5.41) is 3.45. The molecule has 154 valence electrons. The molecule has 1 fully saturated rings. The molecule has 0 aliphatic carbocycles. The number of amides is 2. The lowest BCUT2D eigenvalue weighted by Crippen LogP contribution is -2.49. The van der Waals surface area contributed by atoms with Crippen LogP contribution in [0.4, 0.5) is 5.69 Å². The quantitative estimate of drug-likeness (QED) is 0.680. The molecule has 0 saturated carbocycles. The molecule has 2 aromatic rings. The number of nitrogens with zero attached hydrogens (tertiary/aromatic N) is 2. The Labute approximate surface area is 181 Å². The third-order valence-electron chi connectivity index (χ3n) is 5.07. The molecule has 0 aromatic heterocycles. The van der Waals surface area contributed by atoms with Gasteiger partial charge in [-0.2, -0.15) is 0 Å². The third-order valence-corrected chi connectivity index (χ3v) is 5.56. The molecule has 1 heterocycles. The summed E-state index contributed by atoms with van der Waals surface area (Å²) >= 11 is 11.4. The molecule has 1 N–H and O–H groups in total. The van der Waals surface area contributed by atoms with Crippen molar-refractivity contribution in [2.24, 2.45) is 0 Å². The van der Waals surface area contributed by atoms with E-state index in [1.54, 1.807) is 12.1 Å². The van der Waals surface area contributed by atoms with Gasteiger partial charge in [0.25, 0.3) is 0 Å². The number of hydrogen-bond donors (Lipinski definition) is 1. The molecule has 0 bridgehead atoms. The summed E-state index contributed by atoms with van der Waals surface area (Å²) < 4.78 is 0. The van der Waals surface area contributed by atoms with Crippen LogP contribution in [0.15, 0.2) is 48.5 Å². The van der Waals surface area contributed by atoms with Crippen LogP contribution in [0.5, 0.6) is 0 Å². The highest BCUT2D eigenvalue weighted by Crippen LogP contribution is 2.13. The van der Waals surface area contributed by atoms with Crippen molar-refractivity contribution in [3.05, 3.63) is 64.7 Å². The van der Waals surface area contributed by atoms with Crippen LogP contribution < -0.4 is 5.32 Å². The van der Waals surface area contributed by atoms with E-state index in [9.17, 15) is 9.59 Å². The van der Waals surface area contributed by atoms with E-state index >= 15 is 0 Å². The van der Waals surface area contributed by atoms with Crippen molar-refractivity contribution in [2.75, 3.05) is 43.9 Å². The summed E-state index contributed by atoms with van der Waals surface area (Å²) in [5.41, 5.74) is 2.89. The second-order valence-corrected chi connectivity index (χ2v) is 7.86. The van der Waals surface area contributed by atoms with Crippen molar-refractivity contribution in [2.45, 2.75) is 12.8 Å². The highest BCUT2D eigenvalue weighted by molar-refractivity contribution is 6.30. The fourth-order valence-corrected chi connectivity index (χ4v) is 3.54. The number of piperazine rings is 1. The molecule has 1 aliphatic rings. The van der Waals surface area contributed by atoms with Gasteiger partial charge in [0.1, 0.15) is 5.88 Å². The maximum absolute atomic E-state index is 12.6. The fourth-order valence-electron chi connectivity index (χ4n) is 3.35. The molecule has 29 heavy (non-hydrogen) atoms. The van der Waals surface area contributed by atoms with E-state index in [0.29, 0.717) is 12.1 Å². The van der Waals surface area contributed by atoms with Crippen LogP contribution in [0.1, 0.15) is 11.1 Å². The average Bonchev–Trinajstić information content (AvgIpc) is 2.75. The first-order chi connectivity index (χ1) is 14.0. The lowest BCUT2D eigenvalue weighted by molar-refractivity contribution is -0.132. The highest BCUT2D eigenvalue weighted by atomic mass is 35.5. The zero-order chi connectivity index (χ0) is 20.6. The first-order valence-electron chi connectivity index (χ1n) is 9.73. The minimum absolute atomic E-state index is 0.0775. The Kier molecular flexibility index (Phi) is 7.92. The number of benzene rings is 2. The standard InChI is InChI=1S/C22H25Cl2N3O2/c23-16-21(28)25-20-7-3-18(4-8-20)15-22(29)27-13-11-26(12-14-27)10-9-17-1-5-19(24)6-2-17/h1-8H,9-16H2,(H,25,28). The van der Waals surface area contributed by atoms with Gasteiger partial charge in [-0.25, -0.2) is 0 Å². The lowest BCUT2D eigenvalue weighted by atomic mass is 10.1. The van der Waals surface area contributed by atoms with Crippen molar-refractivity contribution < 1.29 is 9.59 Å². The molecule has 1 aliphatic heterocycles. The van der Waals surface area contributed by atoms with E-state index in [2.05, 4.69) is 22.3 Å². The first-order valence-corrected chi connectivity index (χ1v) is 10.6. The van der Waals surface area contributed by atoms with Crippen LogP contribution in [-0.2, 0) is 22.4 Å². The zero-order valence-corrected chi connectivity index (χ0v) is 17.8. The van der Waals surface area contributed by atoms with Crippen LogP contribution in [-0.4, -0.2) is 60.2 Å². The smallest absolute Gasteiger partial charge is 0.239 e. The first kappa shape index (κ1) is 21.6. The number of halogens is 2. The van der Waals surface area contributed by atoms with Crippen molar-refractivity contribution in [1.29, 1.82) is 0 Å². The topological polar surface area (TPSA) is 52.7 Å². The van der Waals surface area contributed by atoms with Gasteiger partial charge in [-0.1, -0.05) is 35.9 Å². The largest absolute Gasteiger partial charge is 0.340 e. The predicted molar refractivity (Wildman–Crippen MR) is 118 cm³/mol. The molecule has 0 radical (unpaired) electrons. The van der Waals surface area contributed by atoms with Gasteiger partial charge in [0, 0.05) is 43.4 Å². The van der Waals surface area contributed by atoms with Crippen molar-refractivity contribution in [3.8, 4) is 0 Å². The molecule has 7 heteroatoms. The lowest BCUT2D eigenvalue weighted by Gasteiger charge is -2.34. The predicted octanol–water partition coefficient (Wildman–Crippen LogP) is 3.45. The number of carbonyl (C=O) groups is 2. The van der Waals surface area contributed by atoms with E-state index < -0.39 is 0 Å². The molecule has 2 aromatic carbocycles. The van der Waals surface area contributed by atoms with Crippen molar-refractivity contribution >= 4 is 40.7 Å².